The topological polar surface area (TPSA) is 52.1 Å². The van der Waals surface area contributed by atoms with Gasteiger partial charge in [0.05, 0.1) is 12.8 Å². The fourth-order valence-corrected chi connectivity index (χ4v) is 3.04. The Balaban J connectivity index is 2.12. The van der Waals surface area contributed by atoms with Crippen LogP contribution in [0, 0.1) is 0 Å². The molecule has 0 bridgehead atoms. The number of nitrogens with zero attached hydrogens (tertiary/aromatic N) is 2. The maximum absolute atomic E-state index is 11.1. The first-order valence-corrected chi connectivity index (χ1v) is 5.02. The molecule has 0 radical (unpaired) electrons. The Kier molecular flexibility index (Phi) is 2.02. The van der Waals surface area contributed by atoms with E-state index in [1.807, 2.05) is 0 Å². The quantitative estimate of drug-likeness (QED) is 0.628. The molecule has 1 unspecified atom stereocenters. The van der Waals surface area contributed by atoms with Crippen LogP contribution in [0.3, 0.4) is 0 Å². The number of rotatable bonds is 1. The van der Waals surface area contributed by atoms with Crippen LogP contribution in [0.2, 0.25) is 0 Å². The molecule has 0 aliphatic carbocycles. The van der Waals surface area contributed by atoms with Crippen LogP contribution >= 0.6 is 23.3 Å². The summed E-state index contributed by atoms with van der Waals surface area (Å²) in [6, 6.07) is 0. The number of carbonyl (C=O) groups excluding carboxylic acids is 1. The SMILES string of the molecule is COC(=O)C1Cc2nnsc2S1. The third kappa shape index (κ3) is 1.21. The number of methoxy groups -OCH3 is 1. The molecule has 1 aromatic rings. The number of hydrogen-bond donors (Lipinski definition) is 0. The van der Waals surface area contributed by atoms with Crippen LogP contribution in [0.5, 0.6) is 0 Å². The van der Waals surface area contributed by atoms with Crippen LogP contribution in [0.25, 0.3) is 0 Å². The summed E-state index contributed by atoms with van der Waals surface area (Å²) in [6.45, 7) is 0. The number of carbonyl (C=O) groups is 1. The van der Waals surface area contributed by atoms with Gasteiger partial charge in [-0.2, -0.15) is 0 Å². The van der Waals surface area contributed by atoms with Crippen LogP contribution in [-0.4, -0.2) is 27.9 Å². The van der Waals surface area contributed by atoms with Crippen molar-refractivity contribution < 1.29 is 9.53 Å². The molecule has 0 aromatic carbocycles. The third-order valence-corrected chi connectivity index (χ3v) is 3.78. The summed E-state index contributed by atoms with van der Waals surface area (Å²) >= 11 is 2.83. The van der Waals surface area contributed by atoms with Gasteiger partial charge < -0.3 is 4.74 Å². The van der Waals surface area contributed by atoms with Crippen molar-refractivity contribution in [3.63, 3.8) is 0 Å². The predicted octanol–water partition coefficient (Wildman–Crippen LogP) is 0.728. The van der Waals surface area contributed by atoms with Crippen molar-refractivity contribution in [2.75, 3.05) is 7.11 Å². The van der Waals surface area contributed by atoms with E-state index in [0.29, 0.717) is 6.42 Å². The van der Waals surface area contributed by atoms with Crippen molar-refractivity contribution in [3.05, 3.63) is 5.69 Å². The van der Waals surface area contributed by atoms with E-state index >= 15 is 0 Å². The zero-order chi connectivity index (χ0) is 8.55. The Hall–Kier alpha value is -0.620. The zero-order valence-electron chi connectivity index (χ0n) is 6.31. The summed E-state index contributed by atoms with van der Waals surface area (Å²) in [4.78, 5) is 11.1. The Labute approximate surface area is 77.5 Å². The second kappa shape index (κ2) is 3.02. The van der Waals surface area contributed by atoms with Gasteiger partial charge in [-0.15, -0.1) is 5.10 Å². The van der Waals surface area contributed by atoms with Crippen LogP contribution in [-0.2, 0) is 16.0 Å². The molecule has 0 fully saturated rings. The molecule has 4 nitrogen and oxygen atoms in total. The van der Waals surface area contributed by atoms with Crippen LogP contribution < -0.4 is 0 Å². The molecule has 2 rings (SSSR count). The predicted molar refractivity (Wildman–Crippen MR) is 45.3 cm³/mol. The molecule has 0 saturated carbocycles. The summed E-state index contributed by atoms with van der Waals surface area (Å²) in [5.74, 6) is -0.176. The standard InChI is InChI=1S/C6H6N2O2S2/c1-10-5(9)4-2-3-6(11-4)12-8-7-3/h4H,2H2,1H3. The first kappa shape index (κ1) is 8.00. The summed E-state index contributed by atoms with van der Waals surface area (Å²) in [7, 11) is 1.40. The highest BCUT2D eigenvalue weighted by Crippen LogP contribution is 2.38. The van der Waals surface area contributed by atoms with Gasteiger partial charge in [0.1, 0.15) is 9.46 Å². The largest absolute Gasteiger partial charge is 0.468 e. The summed E-state index contributed by atoms with van der Waals surface area (Å²) in [6.07, 6.45) is 0.656. The van der Waals surface area contributed by atoms with E-state index in [9.17, 15) is 4.79 Å². The van der Waals surface area contributed by atoms with E-state index < -0.39 is 0 Å². The van der Waals surface area contributed by atoms with Crippen molar-refractivity contribution in [2.45, 2.75) is 15.9 Å². The lowest BCUT2D eigenvalue weighted by Crippen LogP contribution is -2.17. The normalized spacial score (nSPS) is 20.6. The summed E-state index contributed by atoms with van der Waals surface area (Å²) < 4.78 is 9.46. The molecule has 12 heavy (non-hydrogen) atoms. The van der Waals surface area contributed by atoms with Gasteiger partial charge in [-0.25, -0.2) is 0 Å². The van der Waals surface area contributed by atoms with Crippen molar-refractivity contribution >= 4 is 29.3 Å². The van der Waals surface area contributed by atoms with Gasteiger partial charge in [-0.3, -0.25) is 4.79 Å². The highest BCUT2D eigenvalue weighted by molar-refractivity contribution is 8.02. The molecule has 0 spiro atoms. The molecular weight excluding hydrogens is 196 g/mol. The summed E-state index contributed by atoms with van der Waals surface area (Å²) in [5, 5.41) is 3.80. The minimum absolute atomic E-state index is 0.105. The molecule has 0 saturated heterocycles. The maximum Gasteiger partial charge on any atom is 0.319 e. The Morgan fingerprint density at radius 1 is 1.75 bits per heavy atom. The maximum atomic E-state index is 11.1. The lowest BCUT2D eigenvalue weighted by Gasteiger charge is -2.03. The van der Waals surface area contributed by atoms with Crippen LogP contribution in [0.15, 0.2) is 4.21 Å². The number of thioether (sulfide) groups is 1. The van der Waals surface area contributed by atoms with E-state index in [0.717, 1.165) is 9.90 Å². The van der Waals surface area contributed by atoms with Crippen LogP contribution in [0.4, 0.5) is 0 Å². The number of hydrogen-bond acceptors (Lipinski definition) is 6. The van der Waals surface area contributed by atoms with E-state index in [1.54, 1.807) is 0 Å². The molecule has 1 atom stereocenters. The average molecular weight is 202 g/mol. The first-order chi connectivity index (χ1) is 5.81. The Morgan fingerprint density at radius 2 is 2.58 bits per heavy atom. The third-order valence-electron chi connectivity index (χ3n) is 1.61. The highest BCUT2D eigenvalue weighted by Gasteiger charge is 2.31. The molecule has 1 aliphatic rings. The molecule has 0 amide bonds. The first-order valence-electron chi connectivity index (χ1n) is 3.37. The Morgan fingerprint density at radius 3 is 3.25 bits per heavy atom. The van der Waals surface area contributed by atoms with Gasteiger partial charge in [0, 0.05) is 6.42 Å². The van der Waals surface area contributed by atoms with Gasteiger partial charge >= 0.3 is 5.97 Å². The fourth-order valence-electron chi connectivity index (χ4n) is 1.02. The van der Waals surface area contributed by atoms with Crippen molar-refractivity contribution in [3.8, 4) is 0 Å². The monoisotopic (exact) mass is 202 g/mol. The zero-order valence-corrected chi connectivity index (χ0v) is 7.94. The van der Waals surface area contributed by atoms with Crippen molar-refractivity contribution in [2.24, 2.45) is 0 Å². The van der Waals surface area contributed by atoms with Crippen molar-refractivity contribution in [1.29, 1.82) is 0 Å². The lowest BCUT2D eigenvalue weighted by atomic mass is 10.2. The molecule has 1 aromatic heterocycles. The second-order valence-electron chi connectivity index (χ2n) is 2.34. The number of esters is 1. The highest BCUT2D eigenvalue weighted by atomic mass is 32.2. The number of ether oxygens (including phenoxy) is 1. The minimum atomic E-state index is -0.176. The Bertz CT molecular complexity index is 292. The van der Waals surface area contributed by atoms with Gasteiger partial charge in [0.15, 0.2) is 0 Å². The second-order valence-corrected chi connectivity index (χ2v) is 4.57. The van der Waals surface area contributed by atoms with Crippen molar-refractivity contribution in [1.82, 2.24) is 9.59 Å². The van der Waals surface area contributed by atoms with Gasteiger partial charge in [-0.1, -0.05) is 16.3 Å². The van der Waals surface area contributed by atoms with E-state index in [4.69, 9.17) is 0 Å². The fraction of sp³-hybridized carbons (Fsp3) is 0.500. The minimum Gasteiger partial charge on any atom is -0.468 e. The van der Waals surface area contributed by atoms with Crippen LogP contribution in [0.1, 0.15) is 5.69 Å². The molecule has 64 valence electrons. The number of aromatic nitrogens is 2. The summed E-state index contributed by atoms with van der Waals surface area (Å²) in [5.41, 5.74) is 0.931. The van der Waals surface area contributed by atoms with E-state index in [2.05, 4.69) is 14.3 Å². The molecule has 2 heterocycles. The molecule has 1 aliphatic heterocycles. The molecular formula is C6H6N2O2S2. The smallest absolute Gasteiger partial charge is 0.319 e. The lowest BCUT2D eigenvalue weighted by molar-refractivity contribution is -0.139. The average Bonchev–Trinajstić information content (AvgIpc) is 2.60. The van der Waals surface area contributed by atoms with Gasteiger partial charge in [-0.05, 0) is 11.5 Å². The molecule has 6 heteroatoms. The van der Waals surface area contributed by atoms with Gasteiger partial charge in [0.2, 0.25) is 0 Å². The molecule has 0 N–H and O–H groups in total. The number of fused-ring (bicyclic) bond motifs is 1. The van der Waals surface area contributed by atoms with Gasteiger partial charge in [0.25, 0.3) is 0 Å². The van der Waals surface area contributed by atoms with E-state index in [1.165, 1.54) is 30.4 Å². The van der Waals surface area contributed by atoms with E-state index in [-0.39, 0.29) is 11.2 Å².